The zero-order valence-corrected chi connectivity index (χ0v) is 16.1. The monoisotopic (exact) mass is 397 g/mol. The molecule has 0 radical (unpaired) electrons. The quantitative estimate of drug-likeness (QED) is 0.699. The molecule has 1 unspecified atom stereocenters. The molecule has 0 bridgehead atoms. The number of anilines is 2. The van der Waals surface area contributed by atoms with E-state index < -0.39 is 11.6 Å². The summed E-state index contributed by atoms with van der Waals surface area (Å²) in [5, 5.41) is 29.0. The lowest BCUT2D eigenvalue weighted by Crippen LogP contribution is -2.54. The van der Waals surface area contributed by atoms with Gasteiger partial charge in [0.05, 0.1) is 30.2 Å². The van der Waals surface area contributed by atoms with Crippen LogP contribution in [0.1, 0.15) is 49.9 Å². The fourth-order valence-corrected chi connectivity index (χ4v) is 4.33. The lowest BCUT2D eigenvalue weighted by atomic mass is 9.96. The highest BCUT2D eigenvalue weighted by Gasteiger charge is 2.45. The SMILES string of the molecule is CC1(N(C(=O)O)[C@@H]2CC[C@H](c3cc(Nc4cnc(C#N)cn4)[nH]n3)C2)CCOC1. The van der Waals surface area contributed by atoms with Crippen LogP contribution in [0.4, 0.5) is 16.4 Å². The molecule has 29 heavy (non-hydrogen) atoms. The lowest BCUT2D eigenvalue weighted by Gasteiger charge is -2.39. The van der Waals surface area contributed by atoms with E-state index in [0.717, 1.165) is 31.4 Å². The highest BCUT2D eigenvalue weighted by atomic mass is 16.5. The molecule has 10 nitrogen and oxygen atoms in total. The summed E-state index contributed by atoms with van der Waals surface area (Å²) < 4.78 is 5.48. The molecule has 1 saturated carbocycles. The molecule has 2 fully saturated rings. The number of nitrogens with one attached hydrogen (secondary N) is 2. The Labute approximate surface area is 167 Å². The molecule has 152 valence electrons. The average Bonchev–Trinajstić information content (AvgIpc) is 3.44. The Morgan fingerprint density at radius 1 is 1.45 bits per heavy atom. The maximum absolute atomic E-state index is 12.0. The molecular weight excluding hydrogens is 374 g/mol. The van der Waals surface area contributed by atoms with E-state index in [9.17, 15) is 9.90 Å². The van der Waals surface area contributed by atoms with Gasteiger partial charge in [-0.2, -0.15) is 10.4 Å². The predicted octanol–water partition coefficient (Wildman–Crippen LogP) is 2.61. The van der Waals surface area contributed by atoms with E-state index in [4.69, 9.17) is 10.00 Å². The van der Waals surface area contributed by atoms with E-state index in [1.807, 2.05) is 19.1 Å². The molecule has 1 aliphatic heterocycles. The molecule has 3 atom stereocenters. The Hall–Kier alpha value is -3.19. The standard InChI is InChI=1S/C19H23N7O3/c1-19(4-5-29-11-19)26(18(27)28)14-3-2-12(6-14)15-7-16(25-24-15)23-17-10-21-13(8-20)9-22-17/h7,9-10,12,14H,2-6,11H2,1H3,(H,27,28)(H2,22,23,24,25)/t12-,14+,19?/m0/s1. The number of nitrogens with zero attached hydrogens (tertiary/aromatic N) is 5. The van der Waals surface area contributed by atoms with Crippen molar-refractivity contribution >= 4 is 17.7 Å². The predicted molar refractivity (Wildman–Crippen MR) is 103 cm³/mol. The zero-order valence-electron chi connectivity index (χ0n) is 16.1. The molecule has 2 aromatic rings. The first-order valence-electron chi connectivity index (χ1n) is 9.63. The number of rotatable bonds is 5. The molecule has 2 aromatic heterocycles. The summed E-state index contributed by atoms with van der Waals surface area (Å²) in [6.45, 7) is 3.02. The number of aromatic nitrogens is 4. The Kier molecular flexibility index (Phi) is 5.07. The van der Waals surface area contributed by atoms with Crippen molar-refractivity contribution < 1.29 is 14.6 Å². The molecule has 10 heteroatoms. The van der Waals surface area contributed by atoms with Crippen LogP contribution in [-0.4, -0.2) is 61.1 Å². The summed E-state index contributed by atoms with van der Waals surface area (Å²) in [7, 11) is 0. The number of nitriles is 1. The third-order valence-electron chi connectivity index (χ3n) is 5.80. The van der Waals surface area contributed by atoms with Gasteiger partial charge in [-0.05, 0) is 32.6 Å². The van der Waals surface area contributed by atoms with E-state index in [0.29, 0.717) is 24.8 Å². The maximum atomic E-state index is 12.0. The highest BCUT2D eigenvalue weighted by Crippen LogP contribution is 2.40. The summed E-state index contributed by atoms with van der Waals surface area (Å²) in [6.07, 6.45) is 5.16. The van der Waals surface area contributed by atoms with Crippen LogP contribution in [-0.2, 0) is 4.74 Å². The van der Waals surface area contributed by atoms with Crippen molar-refractivity contribution in [2.45, 2.75) is 50.1 Å². The van der Waals surface area contributed by atoms with Crippen LogP contribution < -0.4 is 5.32 Å². The van der Waals surface area contributed by atoms with E-state index in [-0.39, 0.29) is 17.7 Å². The Morgan fingerprint density at radius 3 is 2.97 bits per heavy atom. The lowest BCUT2D eigenvalue weighted by molar-refractivity contribution is 0.0444. The van der Waals surface area contributed by atoms with Crippen LogP contribution >= 0.6 is 0 Å². The zero-order chi connectivity index (χ0) is 20.4. The van der Waals surface area contributed by atoms with Gasteiger partial charge in [0.2, 0.25) is 0 Å². The Balaban J connectivity index is 1.42. The van der Waals surface area contributed by atoms with E-state index in [1.54, 1.807) is 4.90 Å². The normalized spacial score (nSPS) is 26.2. The minimum absolute atomic E-state index is 0.0401. The first kappa shape index (κ1) is 19.1. The number of carboxylic acid groups (broad SMARTS) is 1. The summed E-state index contributed by atoms with van der Waals surface area (Å²) in [5.41, 5.74) is 0.690. The molecule has 2 aliphatic rings. The Morgan fingerprint density at radius 2 is 2.31 bits per heavy atom. The molecule has 1 saturated heterocycles. The fraction of sp³-hybridized carbons (Fsp3) is 0.526. The van der Waals surface area contributed by atoms with Crippen molar-refractivity contribution in [3.05, 3.63) is 29.8 Å². The van der Waals surface area contributed by atoms with Gasteiger partial charge in [0.25, 0.3) is 0 Å². The molecular formula is C19H23N7O3. The molecule has 0 spiro atoms. The van der Waals surface area contributed by atoms with Gasteiger partial charge in [-0.3, -0.25) is 10.00 Å². The molecule has 0 aromatic carbocycles. The van der Waals surface area contributed by atoms with Crippen LogP contribution in [0.2, 0.25) is 0 Å². The van der Waals surface area contributed by atoms with Crippen LogP contribution in [0, 0.1) is 11.3 Å². The van der Waals surface area contributed by atoms with Crippen molar-refractivity contribution in [3.8, 4) is 6.07 Å². The smallest absolute Gasteiger partial charge is 0.408 e. The van der Waals surface area contributed by atoms with Crippen LogP contribution in [0.15, 0.2) is 18.5 Å². The first-order valence-corrected chi connectivity index (χ1v) is 9.63. The summed E-state index contributed by atoms with van der Waals surface area (Å²) in [5.74, 6) is 1.37. The maximum Gasteiger partial charge on any atom is 0.408 e. The van der Waals surface area contributed by atoms with Crippen molar-refractivity contribution in [3.63, 3.8) is 0 Å². The summed E-state index contributed by atoms with van der Waals surface area (Å²) >= 11 is 0. The van der Waals surface area contributed by atoms with Crippen LogP contribution in [0.5, 0.6) is 0 Å². The number of amides is 1. The third-order valence-corrected chi connectivity index (χ3v) is 5.80. The fourth-order valence-electron chi connectivity index (χ4n) is 4.33. The number of carbonyl (C=O) groups is 1. The molecule has 3 heterocycles. The van der Waals surface area contributed by atoms with Gasteiger partial charge in [0.1, 0.15) is 17.7 Å². The second-order valence-corrected chi connectivity index (χ2v) is 7.85. The van der Waals surface area contributed by atoms with Crippen molar-refractivity contribution in [2.75, 3.05) is 18.5 Å². The van der Waals surface area contributed by atoms with Crippen LogP contribution in [0.25, 0.3) is 0 Å². The number of hydrogen-bond acceptors (Lipinski definition) is 7. The van der Waals surface area contributed by atoms with Crippen molar-refractivity contribution in [1.29, 1.82) is 5.26 Å². The van der Waals surface area contributed by atoms with E-state index >= 15 is 0 Å². The van der Waals surface area contributed by atoms with Gasteiger partial charge in [0.15, 0.2) is 5.69 Å². The minimum Gasteiger partial charge on any atom is -0.465 e. The van der Waals surface area contributed by atoms with Crippen LogP contribution in [0.3, 0.4) is 0 Å². The largest absolute Gasteiger partial charge is 0.465 e. The average molecular weight is 397 g/mol. The number of aromatic amines is 1. The number of hydrogen-bond donors (Lipinski definition) is 3. The first-order chi connectivity index (χ1) is 14.0. The van der Waals surface area contributed by atoms with Gasteiger partial charge < -0.3 is 15.2 Å². The van der Waals surface area contributed by atoms with Gasteiger partial charge in [-0.15, -0.1) is 0 Å². The number of H-pyrrole nitrogens is 1. The highest BCUT2D eigenvalue weighted by molar-refractivity contribution is 5.67. The molecule has 3 N–H and O–H groups in total. The van der Waals surface area contributed by atoms with Gasteiger partial charge in [0, 0.05) is 24.6 Å². The molecule has 1 aliphatic carbocycles. The topological polar surface area (TPSA) is 140 Å². The van der Waals surface area contributed by atoms with E-state index in [1.165, 1.54) is 12.4 Å². The van der Waals surface area contributed by atoms with Gasteiger partial charge in [-0.1, -0.05) is 0 Å². The van der Waals surface area contributed by atoms with Gasteiger partial charge >= 0.3 is 6.09 Å². The number of ether oxygens (including phenoxy) is 1. The molecule has 4 rings (SSSR count). The molecule has 1 amide bonds. The second kappa shape index (κ2) is 7.67. The van der Waals surface area contributed by atoms with E-state index in [2.05, 4.69) is 25.5 Å². The van der Waals surface area contributed by atoms with Crippen molar-refractivity contribution in [1.82, 2.24) is 25.1 Å². The van der Waals surface area contributed by atoms with Gasteiger partial charge in [-0.25, -0.2) is 14.8 Å². The summed E-state index contributed by atoms with van der Waals surface area (Å²) in [4.78, 5) is 21.7. The second-order valence-electron chi connectivity index (χ2n) is 7.85. The third kappa shape index (κ3) is 3.86. The van der Waals surface area contributed by atoms with Crippen molar-refractivity contribution in [2.24, 2.45) is 0 Å². The summed E-state index contributed by atoms with van der Waals surface area (Å²) in [6, 6.07) is 3.80. The Bertz CT molecular complexity index is 915. The minimum atomic E-state index is -0.882.